The first kappa shape index (κ1) is 16.2. The molecule has 0 aromatic heterocycles. The number of benzene rings is 1. The van der Waals surface area contributed by atoms with Crippen LogP contribution in [0.25, 0.3) is 0 Å². The molecule has 1 rings (SSSR count). The maximum absolute atomic E-state index is 13.1. The molecule has 0 heterocycles. The van der Waals surface area contributed by atoms with E-state index in [2.05, 4.69) is 4.72 Å². The molecule has 19 heavy (non-hydrogen) atoms. The highest BCUT2D eigenvalue weighted by molar-refractivity contribution is 7.89. The molecule has 0 aliphatic heterocycles. The predicted octanol–water partition coefficient (Wildman–Crippen LogP) is 1.76. The van der Waals surface area contributed by atoms with Crippen LogP contribution in [-0.4, -0.2) is 27.7 Å². The molecular formula is C11H16ClFN2O3S. The lowest BCUT2D eigenvalue weighted by Gasteiger charge is -2.15. The predicted molar refractivity (Wildman–Crippen MR) is 72.1 cm³/mol. The van der Waals surface area contributed by atoms with Gasteiger partial charge in [-0.25, -0.2) is 17.5 Å². The Hall–Kier alpha value is -0.890. The molecule has 1 atom stereocenters. The van der Waals surface area contributed by atoms with Crippen LogP contribution in [0.2, 0.25) is 5.02 Å². The zero-order valence-corrected chi connectivity index (χ0v) is 12.2. The Balaban J connectivity index is 2.98. The topological polar surface area (TPSA) is 81.4 Å². The van der Waals surface area contributed by atoms with Gasteiger partial charge in [0.05, 0.1) is 17.3 Å². The van der Waals surface area contributed by atoms with Gasteiger partial charge in [0.2, 0.25) is 10.0 Å². The van der Waals surface area contributed by atoms with Crippen molar-refractivity contribution in [1.29, 1.82) is 0 Å². The van der Waals surface area contributed by atoms with E-state index in [4.69, 9.17) is 22.1 Å². The monoisotopic (exact) mass is 310 g/mol. The van der Waals surface area contributed by atoms with E-state index >= 15 is 0 Å². The van der Waals surface area contributed by atoms with Crippen molar-refractivity contribution in [1.82, 2.24) is 4.72 Å². The normalized spacial score (nSPS) is 13.5. The molecule has 0 amide bonds. The fraction of sp³-hybridized carbons (Fsp3) is 0.455. The van der Waals surface area contributed by atoms with Gasteiger partial charge in [0, 0.05) is 12.6 Å². The largest absolute Gasteiger partial charge is 0.396 e. The second-order valence-electron chi connectivity index (χ2n) is 3.99. The van der Waals surface area contributed by atoms with Crippen LogP contribution in [0.4, 0.5) is 10.1 Å². The molecule has 0 fully saturated rings. The fourth-order valence-corrected chi connectivity index (χ4v) is 3.19. The molecule has 1 unspecified atom stereocenters. The maximum atomic E-state index is 13.1. The van der Waals surface area contributed by atoms with Gasteiger partial charge in [-0.15, -0.1) is 0 Å². The molecule has 0 saturated carbocycles. The summed E-state index contributed by atoms with van der Waals surface area (Å²) in [7, 11) is -3.87. The number of sulfonamides is 1. The summed E-state index contributed by atoms with van der Waals surface area (Å²) < 4.78 is 44.7. The fourth-order valence-electron chi connectivity index (χ4n) is 1.41. The van der Waals surface area contributed by atoms with Crippen LogP contribution in [0.1, 0.15) is 13.8 Å². The molecule has 8 heteroatoms. The zero-order chi connectivity index (χ0) is 14.6. The molecule has 108 valence electrons. The molecule has 0 radical (unpaired) electrons. The zero-order valence-electron chi connectivity index (χ0n) is 10.6. The number of hydrogen-bond acceptors (Lipinski definition) is 4. The number of halogens is 2. The van der Waals surface area contributed by atoms with Crippen molar-refractivity contribution in [2.75, 3.05) is 18.9 Å². The van der Waals surface area contributed by atoms with Crippen molar-refractivity contribution in [2.45, 2.75) is 24.8 Å². The van der Waals surface area contributed by atoms with Crippen molar-refractivity contribution in [3.63, 3.8) is 0 Å². The van der Waals surface area contributed by atoms with E-state index < -0.39 is 21.9 Å². The van der Waals surface area contributed by atoms with Gasteiger partial charge in [0.15, 0.2) is 0 Å². The minimum atomic E-state index is -3.87. The van der Waals surface area contributed by atoms with E-state index in [0.717, 1.165) is 12.1 Å². The lowest BCUT2D eigenvalue weighted by atomic mass is 10.3. The molecule has 0 aliphatic rings. The van der Waals surface area contributed by atoms with Crippen LogP contribution >= 0.6 is 11.6 Å². The standard InChI is InChI=1S/C11H16ClFN2O3S/c1-3-18-6-7(2)15-19(16,17)11-5-10(14)9(13)4-8(11)12/h4-5,7,15H,3,6,14H2,1-2H3. The highest BCUT2D eigenvalue weighted by Gasteiger charge is 2.22. The third-order valence-corrected chi connectivity index (χ3v) is 4.32. The lowest BCUT2D eigenvalue weighted by molar-refractivity contribution is 0.133. The Morgan fingerprint density at radius 3 is 2.74 bits per heavy atom. The third-order valence-electron chi connectivity index (χ3n) is 2.27. The van der Waals surface area contributed by atoms with Gasteiger partial charge in [0.1, 0.15) is 10.7 Å². The highest BCUT2D eigenvalue weighted by atomic mass is 35.5. The molecule has 1 aromatic carbocycles. The number of anilines is 1. The van der Waals surface area contributed by atoms with Gasteiger partial charge in [-0.05, 0) is 26.0 Å². The Morgan fingerprint density at radius 1 is 1.53 bits per heavy atom. The van der Waals surface area contributed by atoms with Crippen molar-refractivity contribution in [2.24, 2.45) is 0 Å². The van der Waals surface area contributed by atoms with Crippen LogP contribution in [0.15, 0.2) is 17.0 Å². The van der Waals surface area contributed by atoms with E-state index in [1.165, 1.54) is 0 Å². The molecule has 0 saturated heterocycles. The number of rotatable bonds is 6. The molecule has 1 aromatic rings. The Morgan fingerprint density at radius 2 is 2.16 bits per heavy atom. The molecule has 5 nitrogen and oxygen atoms in total. The van der Waals surface area contributed by atoms with E-state index in [0.29, 0.717) is 6.61 Å². The van der Waals surface area contributed by atoms with Crippen molar-refractivity contribution in [3.05, 3.63) is 23.0 Å². The van der Waals surface area contributed by atoms with Gasteiger partial charge in [0.25, 0.3) is 0 Å². The molecule has 0 spiro atoms. The third kappa shape index (κ3) is 4.31. The average Bonchev–Trinajstić information content (AvgIpc) is 2.30. The summed E-state index contributed by atoms with van der Waals surface area (Å²) in [4.78, 5) is -0.253. The molecule has 0 bridgehead atoms. The molecule has 0 aliphatic carbocycles. The van der Waals surface area contributed by atoms with Crippen molar-refractivity contribution in [3.8, 4) is 0 Å². The summed E-state index contributed by atoms with van der Waals surface area (Å²) >= 11 is 5.73. The van der Waals surface area contributed by atoms with E-state index in [9.17, 15) is 12.8 Å². The number of nitrogen functional groups attached to an aromatic ring is 1. The quantitative estimate of drug-likeness (QED) is 0.785. The summed E-state index contributed by atoms with van der Waals surface area (Å²) in [6, 6.07) is 1.43. The first-order chi connectivity index (χ1) is 8.77. The summed E-state index contributed by atoms with van der Waals surface area (Å²) in [5, 5.41) is -0.220. The Bertz CT molecular complexity index is 551. The lowest BCUT2D eigenvalue weighted by Crippen LogP contribution is -2.36. The number of nitrogens with two attached hydrogens (primary N) is 1. The van der Waals surface area contributed by atoms with Gasteiger partial charge >= 0.3 is 0 Å². The average molecular weight is 311 g/mol. The van der Waals surface area contributed by atoms with Gasteiger partial charge in [-0.2, -0.15) is 0 Å². The SMILES string of the molecule is CCOCC(C)NS(=O)(=O)c1cc(N)c(F)cc1Cl. The number of nitrogens with one attached hydrogen (secondary N) is 1. The van der Waals surface area contributed by atoms with Crippen LogP contribution in [0.3, 0.4) is 0 Å². The van der Waals surface area contributed by atoms with Gasteiger partial charge in [-0.3, -0.25) is 0 Å². The second kappa shape index (κ2) is 6.51. The minimum absolute atomic E-state index is 0.220. The van der Waals surface area contributed by atoms with Crippen molar-refractivity contribution < 1.29 is 17.5 Å². The minimum Gasteiger partial charge on any atom is -0.396 e. The van der Waals surface area contributed by atoms with Gasteiger partial charge < -0.3 is 10.5 Å². The van der Waals surface area contributed by atoms with Crippen LogP contribution in [0, 0.1) is 5.82 Å². The van der Waals surface area contributed by atoms with E-state index in [1.807, 2.05) is 0 Å². The summed E-state index contributed by atoms with van der Waals surface area (Å²) in [6.45, 7) is 4.16. The molecular weight excluding hydrogens is 295 g/mol. The highest BCUT2D eigenvalue weighted by Crippen LogP contribution is 2.26. The maximum Gasteiger partial charge on any atom is 0.242 e. The molecule has 3 N–H and O–H groups in total. The summed E-state index contributed by atoms with van der Waals surface area (Å²) in [5.41, 5.74) is 5.07. The number of hydrogen-bond donors (Lipinski definition) is 2. The number of ether oxygens (including phenoxy) is 1. The van der Waals surface area contributed by atoms with Crippen LogP contribution < -0.4 is 10.5 Å². The van der Waals surface area contributed by atoms with Crippen LogP contribution in [0.5, 0.6) is 0 Å². The Labute approximate surface area is 116 Å². The Kier molecular flexibility index (Phi) is 5.54. The smallest absolute Gasteiger partial charge is 0.242 e. The summed E-state index contributed by atoms with van der Waals surface area (Å²) in [5.74, 6) is -0.758. The first-order valence-corrected chi connectivity index (χ1v) is 7.48. The van der Waals surface area contributed by atoms with Crippen molar-refractivity contribution >= 4 is 27.3 Å². The van der Waals surface area contributed by atoms with Gasteiger partial charge in [-0.1, -0.05) is 11.6 Å². The van der Waals surface area contributed by atoms with E-state index in [1.54, 1.807) is 13.8 Å². The first-order valence-electron chi connectivity index (χ1n) is 5.62. The van der Waals surface area contributed by atoms with Crippen LogP contribution in [-0.2, 0) is 14.8 Å². The van der Waals surface area contributed by atoms with E-state index in [-0.39, 0.29) is 22.2 Å². The second-order valence-corrected chi connectivity index (χ2v) is 6.08. The summed E-state index contributed by atoms with van der Waals surface area (Å²) in [6.07, 6.45) is 0.